The van der Waals surface area contributed by atoms with E-state index in [1.165, 1.54) is 0 Å². The third-order valence-corrected chi connectivity index (χ3v) is 2.19. The maximum absolute atomic E-state index is 10.6. The molecule has 0 amide bonds. The fourth-order valence-electron chi connectivity index (χ4n) is 0.716. The van der Waals surface area contributed by atoms with Crippen LogP contribution in [0.15, 0.2) is 12.2 Å². The lowest BCUT2D eigenvalue weighted by Crippen LogP contribution is -1.75. The van der Waals surface area contributed by atoms with Crippen molar-refractivity contribution in [1.82, 2.24) is 0 Å². The van der Waals surface area contributed by atoms with Crippen LogP contribution in [0.3, 0.4) is 0 Å². The molecule has 0 N–H and O–H groups in total. The van der Waals surface area contributed by atoms with Crippen LogP contribution in [0.1, 0.15) is 26.2 Å². The van der Waals surface area contributed by atoms with E-state index in [1.807, 2.05) is 0 Å². The van der Waals surface area contributed by atoms with Crippen molar-refractivity contribution in [3.8, 4) is 0 Å². The molecule has 0 aliphatic heterocycles. The lowest BCUT2D eigenvalue weighted by molar-refractivity contribution is 0.589. The largest absolute Gasteiger partial charge is 0.335 e. The predicted octanol–water partition coefficient (Wildman–Crippen LogP) is 3.19. The van der Waals surface area contributed by atoms with Crippen LogP contribution >= 0.6 is 7.80 Å². The second kappa shape index (κ2) is 6.95. The Bertz CT molecular complexity index is 118. The van der Waals surface area contributed by atoms with Crippen LogP contribution in [0, 0.1) is 0 Å². The van der Waals surface area contributed by atoms with Crippen molar-refractivity contribution >= 4 is 7.80 Å². The van der Waals surface area contributed by atoms with Crippen LogP contribution in [0.25, 0.3) is 0 Å². The van der Waals surface area contributed by atoms with Crippen molar-refractivity contribution < 1.29 is 4.57 Å². The van der Waals surface area contributed by atoms with Gasteiger partial charge in [0, 0.05) is 0 Å². The van der Waals surface area contributed by atoms with Gasteiger partial charge in [-0.15, -0.1) is 0 Å². The first-order chi connectivity index (χ1) is 4.77. The number of unbranched alkanes of at least 4 members (excludes halogenated alkanes) is 1. The molecule has 0 aromatic heterocycles. The molecule has 0 fully saturated rings. The third-order valence-electron chi connectivity index (χ3n) is 1.25. The van der Waals surface area contributed by atoms with E-state index in [-0.39, 0.29) is 0 Å². The van der Waals surface area contributed by atoms with Gasteiger partial charge in [-0.05, 0) is 19.3 Å². The van der Waals surface area contributed by atoms with E-state index in [0.29, 0.717) is 0 Å². The molecule has 2 heteroatoms. The lowest BCUT2D eigenvalue weighted by Gasteiger charge is -1.83. The van der Waals surface area contributed by atoms with Crippen LogP contribution in [0.2, 0.25) is 0 Å². The topological polar surface area (TPSA) is 17.1 Å². The van der Waals surface area contributed by atoms with Crippen molar-refractivity contribution in [2.45, 2.75) is 26.2 Å². The van der Waals surface area contributed by atoms with Gasteiger partial charge in [0.1, 0.15) is 12.8 Å². The maximum atomic E-state index is 10.6. The molecule has 1 unspecified atom stereocenters. The van der Waals surface area contributed by atoms with Gasteiger partial charge < -0.3 is 0 Å². The Labute approximate surface area is 64.3 Å². The van der Waals surface area contributed by atoms with Crippen LogP contribution in [-0.2, 0) is 4.57 Å². The Morgan fingerprint density at radius 3 is 2.60 bits per heavy atom. The molecule has 0 aliphatic rings. The molecule has 0 aromatic carbocycles. The fourth-order valence-corrected chi connectivity index (χ4v) is 1.34. The minimum Gasteiger partial charge on any atom is -0.0888 e. The standard InChI is InChI=1S/C8H16OP/c1-3-4-5-6-7-8-10(2)9/h4-5H,3,6-8H2,1-2H3/q+1. The molecule has 10 heavy (non-hydrogen) atoms. The quantitative estimate of drug-likeness (QED) is 0.342. The predicted molar refractivity (Wildman–Crippen MR) is 47.1 cm³/mol. The van der Waals surface area contributed by atoms with Gasteiger partial charge in [-0.1, -0.05) is 23.6 Å². The Balaban J connectivity index is 3.05. The molecule has 1 nitrogen and oxygen atoms in total. The zero-order chi connectivity index (χ0) is 7.82. The molecule has 0 spiro atoms. The highest BCUT2D eigenvalue weighted by Gasteiger charge is 2.01. The minimum atomic E-state index is -0.905. The fraction of sp³-hybridized carbons (Fsp3) is 0.750. The number of allylic oxidation sites excluding steroid dienone is 2. The molecular formula is C8H16OP+. The zero-order valence-corrected chi connectivity index (χ0v) is 7.73. The van der Waals surface area contributed by atoms with Gasteiger partial charge >= 0.3 is 7.80 Å². The van der Waals surface area contributed by atoms with E-state index in [2.05, 4.69) is 19.1 Å². The molecule has 0 rings (SSSR count). The van der Waals surface area contributed by atoms with Crippen LogP contribution < -0.4 is 0 Å². The summed E-state index contributed by atoms with van der Waals surface area (Å²) in [7, 11) is -0.905. The minimum absolute atomic E-state index is 0.878. The average Bonchev–Trinajstić information content (AvgIpc) is 1.87. The average molecular weight is 159 g/mol. The van der Waals surface area contributed by atoms with E-state index < -0.39 is 7.80 Å². The summed E-state index contributed by atoms with van der Waals surface area (Å²) in [5.74, 6) is 0. The van der Waals surface area contributed by atoms with Crippen LogP contribution in [0.5, 0.6) is 0 Å². The first-order valence-corrected chi connectivity index (χ1v) is 5.69. The Hall–Kier alpha value is -0.160. The number of hydrogen-bond donors (Lipinski definition) is 0. The van der Waals surface area contributed by atoms with Gasteiger partial charge in [-0.3, -0.25) is 0 Å². The van der Waals surface area contributed by atoms with E-state index in [0.717, 1.165) is 25.4 Å². The molecule has 0 aliphatic carbocycles. The first kappa shape index (κ1) is 9.84. The van der Waals surface area contributed by atoms with Crippen molar-refractivity contribution in [2.24, 2.45) is 0 Å². The normalized spacial score (nSPS) is 12.4. The SMILES string of the molecule is CCC=CCCC[P+](C)=O. The molecule has 58 valence electrons. The second-order valence-corrected chi connectivity index (χ2v) is 4.08. The van der Waals surface area contributed by atoms with Gasteiger partial charge in [0.05, 0.1) is 0 Å². The Morgan fingerprint density at radius 2 is 2.10 bits per heavy atom. The third kappa shape index (κ3) is 7.84. The molecule has 0 saturated heterocycles. The van der Waals surface area contributed by atoms with Gasteiger partial charge in [0.15, 0.2) is 0 Å². The highest BCUT2D eigenvalue weighted by atomic mass is 31.1. The van der Waals surface area contributed by atoms with Gasteiger partial charge in [-0.25, -0.2) is 0 Å². The number of rotatable bonds is 5. The molecule has 0 radical (unpaired) electrons. The summed E-state index contributed by atoms with van der Waals surface area (Å²) in [4.78, 5) is 0. The van der Waals surface area contributed by atoms with E-state index in [1.54, 1.807) is 6.66 Å². The monoisotopic (exact) mass is 159 g/mol. The highest BCUT2D eigenvalue weighted by molar-refractivity contribution is 7.43. The van der Waals surface area contributed by atoms with E-state index in [9.17, 15) is 4.57 Å². The molecular weight excluding hydrogens is 143 g/mol. The Kier molecular flexibility index (Phi) is 6.84. The molecule has 0 aromatic rings. The number of hydrogen-bond acceptors (Lipinski definition) is 1. The summed E-state index contributed by atoms with van der Waals surface area (Å²) in [6.07, 6.45) is 8.47. The second-order valence-electron chi connectivity index (χ2n) is 2.37. The van der Waals surface area contributed by atoms with Crippen molar-refractivity contribution in [1.29, 1.82) is 0 Å². The molecule has 0 saturated carbocycles. The molecule has 0 heterocycles. The first-order valence-electron chi connectivity index (χ1n) is 3.80. The van der Waals surface area contributed by atoms with Crippen molar-refractivity contribution in [3.05, 3.63) is 12.2 Å². The van der Waals surface area contributed by atoms with Gasteiger partial charge in [-0.2, -0.15) is 0 Å². The Morgan fingerprint density at radius 1 is 1.40 bits per heavy atom. The summed E-state index contributed by atoms with van der Waals surface area (Å²) in [5, 5.41) is 0. The maximum Gasteiger partial charge on any atom is 0.335 e. The lowest BCUT2D eigenvalue weighted by atomic mass is 10.3. The smallest absolute Gasteiger partial charge is 0.0888 e. The van der Waals surface area contributed by atoms with Gasteiger partial charge in [0.2, 0.25) is 0 Å². The summed E-state index contributed by atoms with van der Waals surface area (Å²) in [6.45, 7) is 3.91. The van der Waals surface area contributed by atoms with E-state index >= 15 is 0 Å². The van der Waals surface area contributed by atoms with E-state index in [4.69, 9.17) is 0 Å². The van der Waals surface area contributed by atoms with Gasteiger partial charge in [0.25, 0.3) is 0 Å². The summed E-state index contributed by atoms with van der Waals surface area (Å²) in [5.41, 5.74) is 0. The van der Waals surface area contributed by atoms with Crippen LogP contribution in [-0.4, -0.2) is 12.8 Å². The summed E-state index contributed by atoms with van der Waals surface area (Å²) >= 11 is 0. The molecule has 0 bridgehead atoms. The highest BCUT2D eigenvalue weighted by Crippen LogP contribution is 2.15. The summed E-state index contributed by atoms with van der Waals surface area (Å²) in [6, 6.07) is 0. The molecule has 1 atom stereocenters. The summed E-state index contributed by atoms with van der Waals surface area (Å²) < 4.78 is 10.6. The van der Waals surface area contributed by atoms with Crippen molar-refractivity contribution in [3.63, 3.8) is 0 Å². The van der Waals surface area contributed by atoms with Crippen LogP contribution in [0.4, 0.5) is 0 Å². The van der Waals surface area contributed by atoms with Crippen molar-refractivity contribution in [2.75, 3.05) is 12.8 Å². The zero-order valence-electron chi connectivity index (χ0n) is 6.84.